The van der Waals surface area contributed by atoms with Gasteiger partial charge in [-0.05, 0) is 37.8 Å². The highest BCUT2D eigenvalue weighted by atomic mass is 19.1. The van der Waals surface area contributed by atoms with E-state index in [2.05, 4.69) is 4.99 Å². The fraction of sp³-hybridized carbons (Fsp3) is 0.533. The number of para-hydroxylation sites is 1. The Morgan fingerprint density at radius 3 is 2.70 bits per heavy atom. The third-order valence-corrected chi connectivity index (χ3v) is 4.53. The molecular formula is C15H20FN3O. The maximum absolute atomic E-state index is 14.1. The van der Waals surface area contributed by atoms with Crippen LogP contribution >= 0.6 is 0 Å². The summed E-state index contributed by atoms with van der Waals surface area (Å²) >= 11 is 0. The molecule has 0 amide bonds. The standard InChI is InChI=1S/C15H20FN3O/c1-20-11-6-8-15(9-7-11)10-18-14(17)19(15)13-5-3-2-4-12(13)16/h2-5,11H,6-10H2,1H3,(H2,17,18). The monoisotopic (exact) mass is 277 g/mol. The van der Waals surface area contributed by atoms with Gasteiger partial charge in [-0.3, -0.25) is 4.99 Å². The molecule has 1 aliphatic heterocycles. The summed E-state index contributed by atoms with van der Waals surface area (Å²) < 4.78 is 19.5. The second-order valence-corrected chi connectivity index (χ2v) is 5.62. The molecule has 0 aromatic heterocycles. The second-order valence-electron chi connectivity index (χ2n) is 5.62. The van der Waals surface area contributed by atoms with Crippen LogP contribution in [0.3, 0.4) is 0 Å². The van der Waals surface area contributed by atoms with E-state index in [1.54, 1.807) is 19.2 Å². The number of hydrogen-bond donors (Lipinski definition) is 1. The maximum atomic E-state index is 14.1. The van der Waals surface area contributed by atoms with Gasteiger partial charge in [0.05, 0.1) is 23.9 Å². The first-order chi connectivity index (χ1) is 9.66. The largest absolute Gasteiger partial charge is 0.381 e. The highest BCUT2D eigenvalue weighted by molar-refractivity contribution is 5.98. The van der Waals surface area contributed by atoms with E-state index >= 15 is 0 Å². The van der Waals surface area contributed by atoms with Crippen molar-refractivity contribution in [3.8, 4) is 0 Å². The number of hydrogen-bond acceptors (Lipinski definition) is 4. The number of methoxy groups -OCH3 is 1. The van der Waals surface area contributed by atoms with Crippen LogP contribution in [-0.4, -0.2) is 31.3 Å². The molecule has 1 heterocycles. The second kappa shape index (κ2) is 5.05. The van der Waals surface area contributed by atoms with E-state index in [-0.39, 0.29) is 11.4 Å². The number of ether oxygens (including phenoxy) is 1. The van der Waals surface area contributed by atoms with Gasteiger partial charge in [0.25, 0.3) is 0 Å². The Bertz CT molecular complexity index is 524. The Morgan fingerprint density at radius 1 is 1.35 bits per heavy atom. The Hall–Kier alpha value is -1.62. The summed E-state index contributed by atoms with van der Waals surface area (Å²) in [5.41, 5.74) is 6.38. The minimum absolute atomic E-state index is 0.179. The zero-order valence-corrected chi connectivity index (χ0v) is 11.7. The first-order valence-corrected chi connectivity index (χ1v) is 7.04. The van der Waals surface area contributed by atoms with Crippen LogP contribution in [-0.2, 0) is 4.74 Å². The number of anilines is 1. The molecule has 2 N–H and O–H groups in total. The molecule has 0 saturated heterocycles. The number of guanidine groups is 1. The average molecular weight is 277 g/mol. The molecular weight excluding hydrogens is 257 g/mol. The molecule has 2 aliphatic rings. The Morgan fingerprint density at radius 2 is 2.05 bits per heavy atom. The van der Waals surface area contributed by atoms with E-state index in [1.165, 1.54) is 6.07 Å². The third kappa shape index (κ3) is 2.06. The lowest BCUT2D eigenvalue weighted by Crippen LogP contribution is -2.54. The number of nitrogens with zero attached hydrogens (tertiary/aromatic N) is 2. The van der Waals surface area contributed by atoms with Crippen molar-refractivity contribution in [1.29, 1.82) is 0 Å². The van der Waals surface area contributed by atoms with Gasteiger partial charge in [-0.15, -0.1) is 0 Å². The Kier molecular flexibility index (Phi) is 3.38. The van der Waals surface area contributed by atoms with Gasteiger partial charge in [-0.2, -0.15) is 0 Å². The molecule has 0 radical (unpaired) electrons. The number of nitrogens with two attached hydrogens (primary N) is 1. The van der Waals surface area contributed by atoms with Gasteiger partial charge >= 0.3 is 0 Å². The molecule has 1 saturated carbocycles. The van der Waals surface area contributed by atoms with Gasteiger partial charge in [0, 0.05) is 7.11 Å². The van der Waals surface area contributed by atoms with Crippen molar-refractivity contribution in [2.24, 2.45) is 10.7 Å². The van der Waals surface area contributed by atoms with Crippen molar-refractivity contribution in [3.05, 3.63) is 30.1 Å². The van der Waals surface area contributed by atoms with E-state index in [0.29, 0.717) is 24.3 Å². The topological polar surface area (TPSA) is 50.9 Å². The van der Waals surface area contributed by atoms with Crippen molar-refractivity contribution < 1.29 is 9.13 Å². The zero-order valence-electron chi connectivity index (χ0n) is 11.7. The van der Waals surface area contributed by atoms with Gasteiger partial charge in [0.1, 0.15) is 5.82 Å². The predicted molar refractivity (Wildman–Crippen MR) is 77.4 cm³/mol. The average Bonchev–Trinajstić information content (AvgIpc) is 2.78. The summed E-state index contributed by atoms with van der Waals surface area (Å²) in [5, 5.41) is 0. The van der Waals surface area contributed by atoms with Crippen molar-refractivity contribution >= 4 is 11.6 Å². The van der Waals surface area contributed by atoms with Crippen LogP contribution < -0.4 is 10.6 Å². The van der Waals surface area contributed by atoms with Crippen LogP contribution in [0.2, 0.25) is 0 Å². The van der Waals surface area contributed by atoms with Gasteiger partial charge < -0.3 is 15.4 Å². The van der Waals surface area contributed by atoms with E-state index < -0.39 is 0 Å². The van der Waals surface area contributed by atoms with Gasteiger partial charge in [0.2, 0.25) is 0 Å². The van der Waals surface area contributed by atoms with Crippen LogP contribution in [0.25, 0.3) is 0 Å². The fourth-order valence-electron chi connectivity index (χ4n) is 3.37. The molecule has 1 aromatic carbocycles. The van der Waals surface area contributed by atoms with Crippen LogP contribution in [0.15, 0.2) is 29.3 Å². The van der Waals surface area contributed by atoms with Crippen LogP contribution in [0.1, 0.15) is 25.7 Å². The lowest BCUT2D eigenvalue weighted by molar-refractivity contribution is 0.0531. The summed E-state index contributed by atoms with van der Waals surface area (Å²) in [4.78, 5) is 6.27. The minimum Gasteiger partial charge on any atom is -0.381 e. The number of rotatable bonds is 2. The SMILES string of the molecule is COC1CCC2(CC1)CN=C(N)N2c1ccccc1F. The lowest BCUT2D eigenvalue weighted by atomic mass is 9.79. The molecule has 108 valence electrons. The summed E-state index contributed by atoms with van der Waals surface area (Å²) in [6.45, 7) is 0.642. The van der Waals surface area contributed by atoms with Crippen LogP contribution in [0.4, 0.5) is 10.1 Å². The van der Waals surface area contributed by atoms with Crippen molar-refractivity contribution in [1.82, 2.24) is 0 Å². The summed E-state index contributed by atoms with van der Waals surface area (Å²) in [6.07, 6.45) is 4.06. The van der Waals surface area contributed by atoms with Crippen LogP contribution in [0.5, 0.6) is 0 Å². The fourth-order valence-corrected chi connectivity index (χ4v) is 3.37. The van der Waals surface area contributed by atoms with E-state index in [0.717, 1.165) is 25.7 Å². The summed E-state index contributed by atoms with van der Waals surface area (Å²) in [7, 11) is 1.75. The zero-order chi connectivity index (χ0) is 14.2. The predicted octanol–water partition coefficient (Wildman–Crippen LogP) is 2.29. The summed E-state index contributed by atoms with van der Waals surface area (Å²) in [5.74, 6) is 0.173. The molecule has 0 atom stereocenters. The molecule has 1 aromatic rings. The highest BCUT2D eigenvalue weighted by Crippen LogP contribution is 2.41. The van der Waals surface area contributed by atoms with Crippen LogP contribution in [0, 0.1) is 5.82 Å². The molecule has 5 heteroatoms. The van der Waals surface area contributed by atoms with Gasteiger partial charge in [-0.25, -0.2) is 4.39 Å². The molecule has 1 spiro atoms. The molecule has 0 unspecified atom stereocenters. The van der Waals surface area contributed by atoms with E-state index in [9.17, 15) is 4.39 Å². The molecule has 0 bridgehead atoms. The third-order valence-electron chi connectivity index (χ3n) is 4.53. The van der Waals surface area contributed by atoms with Crippen molar-refractivity contribution in [2.45, 2.75) is 37.3 Å². The van der Waals surface area contributed by atoms with E-state index in [4.69, 9.17) is 10.5 Å². The Balaban J connectivity index is 1.92. The lowest BCUT2D eigenvalue weighted by Gasteiger charge is -2.43. The molecule has 3 rings (SSSR count). The van der Waals surface area contributed by atoms with Crippen molar-refractivity contribution in [3.63, 3.8) is 0 Å². The van der Waals surface area contributed by atoms with Crippen molar-refractivity contribution in [2.75, 3.05) is 18.6 Å². The molecule has 1 fully saturated rings. The highest BCUT2D eigenvalue weighted by Gasteiger charge is 2.46. The number of benzene rings is 1. The quantitative estimate of drug-likeness (QED) is 0.902. The van der Waals surface area contributed by atoms with E-state index in [1.807, 2.05) is 11.0 Å². The first kappa shape index (κ1) is 13.4. The normalized spacial score (nSPS) is 29.8. The Labute approximate surface area is 118 Å². The summed E-state index contributed by atoms with van der Waals surface area (Å²) in [6, 6.07) is 6.76. The minimum atomic E-state index is -0.249. The maximum Gasteiger partial charge on any atom is 0.196 e. The molecule has 20 heavy (non-hydrogen) atoms. The van der Waals surface area contributed by atoms with Gasteiger partial charge in [0.15, 0.2) is 5.96 Å². The smallest absolute Gasteiger partial charge is 0.196 e. The van der Waals surface area contributed by atoms with Gasteiger partial charge in [-0.1, -0.05) is 12.1 Å². The number of aliphatic imine (C=N–C) groups is 1. The molecule has 4 nitrogen and oxygen atoms in total. The number of halogens is 1. The molecule has 1 aliphatic carbocycles. The first-order valence-electron chi connectivity index (χ1n) is 7.04.